The van der Waals surface area contributed by atoms with E-state index >= 15 is 0 Å². The molecule has 0 aliphatic carbocycles. The van der Waals surface area contributed by atoms with E-state index in [1.807, 2.05) is 13.0 Å². The van der Waals surface area contributed by atoms with Crippen LogP contribution >= 0.6 is 23.2 Å². The second kappa shape index (κ2) is 7.48. The Bertz CT molecular complexity index is 499. The van der Waals surface area contributed by atoms with E-state index in [1.165, 1.54) is 12.8 Å². The molecule has 1 amide bonds. The molecule has 0 bridgehead atoms. The average Bonchev–Trinajstić information content (AvgIpc) is 2.41. The number of halogens is 2. The van der Waals surface area contributed by atoms with Crippen LogP contribution < -0.4 is 5.32 Å². The maximum absolute atomic E-state index is 12.1. The maximum atomic E-state index is 12.1. The van der Waals surface area contributed by atoms with Gasteiger partial charge in [-0.3, -0.25) is 9.69 Å². The third-order valence-electron chi connectivity index (χ3n) is 4.05. The molecule has 1 aliphatic heterocycles. The van der Waals surface area contributed by atoms with Gasteiger partial charge in [0.2, 0.25) is 5.91 Å². The summed E-state index contributed by atoms with van der Waals surface area (Å²) in [4.78, 5) is 14.3. The molecule has 0 saturated carbocycles. The Morgan fingerprint density at radius 3 is 2.67 bits per heavy atom. The van der Waals surface area contributed by atoms with Crippen LogP contribution in [0.5, 0.6) is 0 Å². The highest BCUT2D eigenvalue weighted by Crippen LogP contribution is 2.26. The van der Waals surface area contributed by atoms with Crippen molar-refractivity contribution in [3.8, 4) is 0 Å². The molecule has 1 N–H and O–H groups in total. The normalized spacial score (nSPS) is 18.5. The number of benzene rings is 1. The zero-order valence-corrected chi connectivity index (χ0v) is 14.0. The van der Waals surface area contributed by atoms with Crippen molar-refractivity contribution >= 4 is 29.1 Å². The minimum Gasteiger partial charge on any atom is -0.348 e. The second-order valence-corrected chi connectivity index (χ2v) is 6.76. The topological polar surface area (TPSA) is 32.3 Å². The quantitative estimate of drug-likeness (QED) is 0.908. The van der Waals surface area contributed by atoms with Gasteiger partial charge in [0.25, 0.3) is 0 Å². The lowest BCUT2D eigenvalue weighted by Crippen LogP contribution is -2.41. The zero-order chi connectivity index (χ0) is 15.4. The minimum absolute atomic E-state index is 0.0445. The molecule has 3 nitrogen and oxygen atoms in total. The summed E-state index contributed by atoms with van der Waals surface area (Å²) in [6, 6.07) is 5.23. The van der Waals surface area contributed by atoms with Gasteiger partial charge in [-0.15, -0.1) is 0 Å². The van der Waals surface area contributed by atoms with E-state index in [-0.39, 0.29) is 11.9 Å². The number of likely N-dealkylation sites (tertiary alicyclic amines) is 1. The summed E-state index contributed by atoms with van der Waals surface area (Å²) in [6.45, 7) is 6.67. The van der Waals surface area contributed by atoms with Gasteiger partial charge >= 0.3 is 0 Å². The smallest absolute Gasteiger partial charge is 0.234 e. The van der Waals surface area contributed by atoms with Gasteiger partial charge in [0, 0.05) is 10.0 Å². The Hall–Kier alpha value is -0.770. The van der Waals surface area contributed by atoms with Gasteiger partial charge in [0.1, 0.15) is 0 Å². The number of piperidine rings is 1. The lowest BCUT2D eigenvalue weighted by Gasteiger charge is -2.30. The first-order valence-electron chi connectivity index (χ1n) is 7.42. The first-order chi connectivity index (χ1) is 9.95. The van der Waals surface area contributed by atoms with E-state index in [0.29, 0.717) is 16.6 Å². The van der Waals surface area contributed by atoms with Gasteiger partial charge < -0.3 is 5.32 Å². The Morgan fingerprint density at radius 2 is 2.05 bits per heavy atom. The highest BCUT2D eigenvalue weighted by molar-refractivity contribution is 6.35. The van der Waals surface area contributed by atoms with Gasteiger partial charge in [0.15, 0.2) is 0 Å². The van der Waals surface area contributed by atoms with Gasteiger partial charge in [-0.2, -0.15) is 0 Å². The highest BCUT2D eigenvalue weighted by Gasteiger charge is 2.19. The molecule has 1 fully saturated rings. The SMILES string of the molecule is CC1CCN(CC(=O)N[C@@H](C)c2ccc(Cl)cc2Cl)CC1. The number of amides is 1. The molecule has 21 heavy (non-hydrogen) atoms. The molecule has 2 rings (SSSR count). The van der Waals surface area contributed by atoms with E-state index in [2.05, 4.69) is 17.1 Å². The van der Waals surface area contributed by atoms with Crippen LogP contribution in [0.2, 0.25) is 10.0 Å². The summed E-state index contributed by atoms with van der Waals surface area (Å²) in [5, 5.41) is 4.19. The molecule has 1 atom stereocenters. The van der Waals surface area contributed by atoms with E-state index in [1.54, 1.807) is 12.1 Å². The monoisotopic (exact) mass is 328 g/mol. The van der Waals surface area contributed by atoms with Crippen molar-refractivity contribution < 1.29 is 4.79 Å². The van der Waals surface area contributed by atoms with Crippen LogP contribution in [0.4, 0.5) is 0 Å². The van der Waals surface area contributed by atoms with Crippen molar-refractivity contribution in [2.75, 3.05) is 19.6 Å². The molecule has 1 saturated heterocycles. The fraction of sp³-hybridized carbons (Fsp3) is 0.562. The largest absolute Gasteiger partial charge is 0.348 e. The van der Waals surface area contributed by atoms with Crippen LogP contribution in [0, 0.1) is 5.92 Å². The highest BCUT2D eigenvalue weighted by atomic mass is 35.5. The number of carbonyl (C=O) groups excluding carboxylic acids is 1. The number of nitrogens with one attached hydrogen (secondary N) is 1. The summed E-state index contributed by atoms with van der Waals surface area (Å²) in [5.41, 5.74) is 0.890. The van der Waals surface area contributed by atoms with Crippen molar-refractivity contribution in [2.24, 2.45) is 5.92 Å². The van der Waals surface area contributed by atoms with Gasteiger partial charge in [-0.05, 0) is 56.5 Å². The molecule has 5 heteroatoms. The van der Waals surface area contributed by atoms with Crippen molar-refractivity contribution in [1.29, 1.82) is 0 Å². The lowest BCUT2D eigenvalue weighted by atomic mass is 9.99. The predicted molar refractivity (Wildman–Crippen MR) is 87.9 cm³/mol. The van der Waals surface area contributed by atoms with Crippen LogP contribution in [0.15, 0.2) is 18.2 Å². The predicted octanol–water partition coefficient (Wildman–Crippen LogP) is 3.90. The fourth-order valence-corrected chi connectivity index (χ4v) is 3.21. The first kappa shape index (κ1) is 16.6. The molecule has 0 aromatic heterocycles. The fourth-order valence-electron chi connectivity index (χ4n) is 2.64. The lowest BCUT2D eigenvalue weighted by molar-refractivity contribution is -0.123. The summed E-state index contributed by atoms with van der Waals surface area (Å²) < 4.78 is 0. The standard InChI is InChI=1S/C16H22Cl2N2O/c1-11-5-7-20(8-6-11)10-16(21)19-12(2)14-4-3-13(17)9-15(14)18/h3-4,9,11-12H,5-8,10H2,1-2H3,(H,19,21)/t12-/m0/s1. The van der Waals surface area contributed by atoms with Crippen molar-refractivity contribution in [3.05, 3.63) is 33.8 Å². The minimum atomic E-state index is -0.119. The molecule has 1 aromatic rings. The number of carbonyl (C=O) groups is 1. The molecule has 0 unspecified atom stereocenters. The Balaban J connectivity index is 1.87. The van der Waals surface area contributed by atoms with E-state index in [9.17, 15) is 4.79 Å². The third kappa shape index (κ3) is 4.87. The summed E-state index contributed by atoms with van der Waals surface area (Å²) >= 11 is 12.1. The summed E-state index contributed by atoms with van der Waals surface area (Å²) in [5.74, 6) is 0.819. The molecule has 1 heterocycles. The van der Waals surface area contributed by atoms with Crippen LogP contribution in [0.1, 0.15) is 38.3 Å². The number of hydrogen-bond donors (Lipinski definition) is 1. The third-order valence-corrected chi connectivity index (χ3v) is 4.61. The molecule has 0 radical (unpaired) electrons. The van der Waals surface area contributed by atoms with Gasteiger partial charge in [0.05, 0.1) is 12.6 Å². The Labute approximate surface area is 136 Å². The van der Waals surface area contributed by atoms with Crippen molar-refractivity contribution in [1.82, 2.24) is 10.2 Å². The maximum Gasteiger partial charge on any atom is 0.234 e. The van der Waals surface area contributed by atoms with E-state index in [4.69, 9.17) is 23.2 Å². The first-order valence-corrected chi connectivity index (χ1v) is 8.18. The molecule has 0 spiro atoms. The summed E-state index contributed by atoms with van der Waals surface area (Å²) in [6.07, 6.45) is 2.34. The van der Waals surface area contributed by atoms with E-state index < -0.39 is 0 Å². The average molecular weight is 329 g/mol. The molecule has 1 aliphatic rings. The Morgan fingerprint density at radius 1 is 1.38 bits per heavy atom. The van der Waals surface area contributed by atoms with E-state index in [0.717, 1.165) is 24.6 Å². The van der Waals surface area contributed by atoms with Crippen molar-refractivity contribution in [2.45, 2.75) is 32.7 Å². The molecular formula is C16H22Cl2N2O. The molecule has 116 valence electrons. The van der Waals surface area contributed by atoms with Crippen LogP contribution in [-0.4, -0.2) is 30.4 Å². The zero-order valence-electron chi connectivity index (χ0n) is 12.5. The van der Waals surface area contributed by atoms with Crippen LogP contribution in [0.25, 0.3) is 0 Å². The number of hydrogen-bond acceptors (Lipinski definition) is 2. The molecular weight excluding hydrogens is 307 g/mol. The van der Waals surface area contributed by atoms with Crippen LogP contribution in [-0.2, 0) is 4.79 Å². The van der Waals surface area contributed by atoms with Crippen LogP contribution in [0.3, 0.4) is 0 Å². The second-order valence-electron chi connectivity index (χ2n) is 5.91. The number of nitrogens with zero attached hydrogens (tertiary/aromatic N) is 1. The van der Waals surface area contributed by atoms with Gasteiger partial charge in [-0.1, -0.05) is 36.2 Å². The molecule has 1 aromatic carbocycles. The van der Waals surface area contributed by atoms with Crippen molar-refractivity contribution in [3.63, 3.8) is 0 Å². The Kier molecular flexibility index (Phi) is 5.91. The van der Waals surface area contributed by atoms with Gasteiger partial charge in [-0.25, -0.2) is 0 Å². The number of rotatable bonds is 4. The summed E-state index contributed by atoms with van der Waals surface area (Å²) in [7, 11) is 0.